The Labute approximate surface area is 213 Å². The average molecular weight is 540 g/mol. The number of rotatable bonds is 10. The number of carbonyl (C=O) groups excluding carboxylic acids is 2. The van der Waals surface area contributed by atoms with Crippen LogP contribution in [0.5, 0.6) is 0 Å². The molecule has 2 aliphatic heterocycles. The number of aromatic amines is 1. The van der Waals surface area contributed by atoms with Gasteiger partial charge in [-0.15, -0.1) is 33.3 Å². The third-order valence-electron chi connectivity index (χ3n) is 5.53. The fourth-order valence-corrected chi connectivity index (χ4v) is 7.61. The molecule has 0 aromatic carbocycles. The van der Waals surface area contributed by atoms with E-state index in [-0.39, 0.29) is 23.3 Å². The molecule has 0 bridgehead atoms. The molecule has 3 atom stereocenters. The number of carboxylic acid groups (broad SMARTS) is 1. The van der Waals surface area contributed by atoms with Crippen molar-refractivity contribution in [1.82, 2.24) is 35.7 Å². The number of carboxylic acids is 1. The number of thioether (sulfide) groups is 2. The van der Waals surface area contributed by atoms with Gasteiger partial charge in [-0.3, -0.25) is 14.5 Å². The maximum atomic E-state index is 13.3. The van der Waals surface area contributed by atoms with Gasteiger partial charge in [0.05, 0.1) is 6.42 Å². The van der Waals surface area contributed by atoms with Crippen molar-refractivity contribution in [3.05, 3.63) is 33.2 Å². The number of tetrazole rings is 1. The summed E-state index contributed by atoms with van der Waals surface area (Å²) in [5, 5.41) is 25.7. The Morgan fingerprint density at radius 1 is 1.43 bits per heavy atom. The van der Waals surface area contributed by atoms with Gasteiger partial charge in [-0.25, -0.2) is 4.79 Å². The fraction of sp³-hybridized carbons (Fsp3) is 0.500. The van der Waals surface area contributed by atoms with Gasteiger partial charge in [0.15, 0.2) is 0 Å². The van der Waals surface area contributed by atoms with Crippen LogP contribution in [-0.2, 0) is 32.1 Å². The first-order valence-corrected chi connectivity index (χ1v) is 13.3. The van der Waals surface area contributed by atoms with Crippen LogP contribution in [0.25, 0.3) is 0 Å². The van der Waals surface area contributed by atoms with Crippen LogP contribution in [0.1, 0.15) is 16.7 Å². The molecule has 2 aromatic rings. The Bertz CT molecular complexity index is 1150. The highest BCUT2D eigenvalue weighted by Gasteiger charge is 2.66. The van der Waals surface area contributed by atoms with Crippen LogP contribution in [-0.4, -0.2) is 96.6 Å². The second-order valence-corrected chi connectivity index (χ2v) is 11.9. The number of aromatic nitrogens is 4. The SMILES string of the molecule is CO[C@@]1(NC(=O)Cc2ccc(CN(C)C)s2)C(=O)N2C(C(=O)O)=C(C(C)Sc3nn[nH]n3)CS[C@H]21. The number of nitrogens with one attached hydrogen (secondary N) is 2. The lowest BCUT2D eigenvalue weighted by Crippen LogP contribution is -2.80. The molecule has 0 spiro atoms. The highest BCUT2D eigenvalue weighted by atomic mass is 32.2. The summed E-state index contributed by atoms with van der Waals surface area (Å²) >= 11 is 4.11. The normalized spacial score (nSPS) is 22.7. The number of nitrogens with zero attached hydrogens (tertiary/aromatic N) is 5. The quantitative estimate of drug-likeness (QED) is 0.223. The van der Waals surface area contributed by atoms with E-state index in [0.29, 0.717) is 16.5 Å². The number of amides is 2. The van der Waals surface area contributed by atoms with Gasteiger partial charge in [-0.1, -0.05) is 11.8 Å². The lowest BCUT2D eigenvalue weighted by Gasteiger charge is -2.56. The summed E-state index contributed by atoms with van der Waals surface area (Å²) in [5.74, 6) is -1.87. The summed E-state index contributed by atoms with van der Waals surface area (Å²) in [4.78, 5) is 43.6. The zero-order valence-electron chi connectivity index (χ0n) is 19.5. The zero-order valence-corrected chi connectivity index (χ0v) is 21.9. The van der Waals surface area contributed by atoms with Gasteiger partial charge >= 0.3 is 5.97 Å². The lowest BCUT2D eigenvalue weighted by atomic mass is 9.97. The molecule has 15 heteroatoms. The Hall–Kier alpha value is -2.46. The van der Waals surface area contributed by atoms with Crippen molar-refractivity contribution < 1.29 is 24.2 Å². The van der Waals surface area contributed by atoms with Gasteiger partial charge in [-0.05, 0) is 43.9 Å². The van der Waals surface area contributed by atoms with Gasteiger partial charge in [0.2, 0.25) is 11.1 Å². The van der Waals surface area contributed by atoms with Gasteiger partial charge in [0.1, 0.15) is 11.1 Å². The lowest BCUT2D eigenvalue weighted by molar-refractivity contribution is -0.192. The van der Waals surface area contributed by atoms with Crippen molar-refractivity contribution in [2.24, 2.45) is 0 Å². The van der Waals surface area contributed by atoms with Gasteiger partial charge in [0, 0.05) is 34.4 Å². The molecule has 2 aliphatic rings. The summed E-state index contributed by atoms with van der Waals surface area (Å²) in [7, 11) is 5.28. The molecule has 1 unspecified atom stereocenters. The Kier molecular flexibility index (Phi) is 7.51. The van der Waals surface area contributed by atoms with E-state index in [4.69, 9.17) is 4.74 Å². The molecule has 2 amide bonds. The molecule has 3 N–H and O–H groups in total. The minimum atomic E-state index is -1.62. The van der Waals surface area contributed by atoms with Gasteiger partial charge in [-0.2, -0.15) is 5.21 Å². The molecule has 1 saturated heterocycles. The molecule has 35 heavy (non-hydrogen) atoms. The van der Waals surface area contributed by atoms with Crippen LogP contribution in [0.2, 0.25) is 0 Å². The zero-order chi connectivity index (χ0) is 25.3. The van der Waals surface area contributed by atoms with Crippen molar-refractivity contribution in [1.29, 1.82) is 0 Å². The van der Waals surface area contributed by atoms with E-state index < -0.39 is 23.0 Å². The van der Waals surface area contributed by atoms with E-state index >= 15 is 0 Å². The Morgan fingerprint density at radius 2 is 2.17 bits per heavy atom. The number of H-pyrrole nitrogens is 1. The van der Waals surface area contributed by atoms with Crippen molar-refractivity contribution in [3.8, 4) is 0 Å². The minimum Gasteiger partial charge on any atom is -0.477 e. The Morgan fingerprint density at radius 3 is 2.80 bits per heavy atom. The summed E-state index contributed by atoms with van der Waals surface area (Å²) in [6.07, 6.45) is 0.0964. The first-order chi connectivity index (χ1) is 16.7. The van der Waals surface area contributed by atoms with Crippen molar-refractivity contribution >= 4 is 52.6 Å². The third kappa shape index (κ3) is 4.95. The molecule has 0 aliphatic carbocycles. The first-order valence-electron chi connectivity index (χ1n) is 10.6. The molecular weight excluding hydrogens is 514 g/mol. The van der Waals surface area contributed by atoms with E-state index in [1.165, 1.54) is 46.9 Å². The average Bonchev–Trinajstić information content (AvgIpc) is 3.47. The molecular formula is C20H25N7O5S3. The number of hydrogen-bond acceptors (Lipinski definition) is 11. The molecule has 4 rings (SSSR count). The van der Waals surface area contributed by atoms with Gasteiger partial charge in [0.25, 0.3) is 11.6 Å². The third-order valence-corrected chi connectivity index (χ3v) is 8.96. The number of carbonyl (C=O) groups is 3. The summed E-state index contributed by atoms with van der Waals surface area (Å²) < 4.78 is 5.53. The maximum absolute atomic E-state index is 13.3. The summed E-state index contributed by atoms with van der Waals surface area (Å²) in [6.45, 7) is 2.60. The number of fused-ring (bicyclic) bond motifs is 1. The maximum Gasteiger partial charge on any atom is 0.352 e. The molecule has 1 fully saturated rings. The Balaban J connectivity index is 1.50. The molecule has 0 radical (unpaired) electrons. The molecule has 12 nitrogen and oxygen atoms in total. The standard InChI is InChI=1S/C20H25N7O5S3/c1-10(34-19-22-24-25-23-19)13-9-33-18-20(32-4,17(31)27(18)15(13)16(29)30)21-14(28)7-11-5-6-12(35-11)8-26(2)3/h5-6,10,18H,7-9H2,1-4H3,(H,21,28)(H,29,30)(H,22,23,24,25)/t10?,18-,20-/m0/s1. The summed E-state index contributed by atoms with van der Waals surface area (Å²) in [5.41, 5.74) is -1.16. The van der Waals surface area contributed by atoms with Crippen molar-refractivity contribution in [2.75, 3.05) is 27.0 Å². The van der Waals surface area contributed by atoms with Crippen LogP contribution in [0.15, 0.2) is 28.6 Å². The number of β-lactam (4-membered cyclic amide) rings is 1. The second kappa shape index (κ2) is 10.3. The van der Waals surface area contributed by atoms with Crippen molar-refractivity contribution in [3.63, 3.8) is 0 Å². The largest absolute Gasteiger partial charge is 0.477 e. The predicted octanol–water partition coefficient (Wildman–Crippen LogP) is 0.759. The van der Waals surface area contributed by atoms with Crippen LogP contribution >= 0.6 is 34.9 Å². The summed E-state index contributed by atoms with van der Waals surface area (Å²) in [6, 6.07) is 3.87. The van der Waals surface area contributed by atoms with E-state index in [9.17, 15) is 19.5 Å². The molecule has 2 aromatic heterocycles. The second-order valence-electron chi connectivity index (χ2n) is 8.24. The number of thiophene rings is 1. The number of ether oxygens (including phenoxy) is 1. The van der Waals surface area contributed by atoms with E-state index in [2.05, 4.69) is 25.9 Å². The van der Waals surface area contributed by atoms with E-state index in [1.807, 2.05) is 38.1 Å². The molecule has 0 saturated carbocycles. The smallest absolute Gasteiger partial charge is 0.352 e. The highest BCUT2D eigenvalue weighted by Crippen LogP contribution is 2.48. The van der Waals surface area contributed by atoms with E-state index in [0.717, 1.165) is 16.3 Å². The predicted molar refractivity (Wildman–Crippen MR) is 131 cm³/mol. The van der Waals surface area contributed by atoms with E-state index in [1.54, 1.807) is 0 Å². The fourth-order valence-electron chi connectivity index (χ4n) is 3.97. The number of aliphatic carboxylic acids is 1. The molecule has 188 valence electrons. The monoisotopic (exact) mass is 539 g/mol. The minimum absolute atomic E-state index is 0.0964. The number of hydrogen-bond donors (Lipinski definition) is 3. The van der Waals surface area contributed by atoms with Crippen LogP contribution < -0.4 is 5.32 Å². The first kappa shape index (κ1) is 25.6. The van der Waals surface area contributed by atoms with Crippen molar-refractivity contribution in [2.45, 2.75) is 41.4 Å². The number of methoxy groups -OCH3 is 1. The van der Waals surface area contributed by atoms with Gasteiger partial charge < -0.3 is 20.1 Å². The molecule has 4 heterocycles. The topological polar surface area (TPSA) is 154 Å². The van der Waals surface area contributed by atoms with Crippen LogP contribution in [0.3, 0.4) is 0 Å². The van der Waals surface area contributed by atoms with Crippen LogP contribution in [0, 0.1) is 0 Å². The van der Waals surface area contributed by atoms with Crippen LogP contribution in [0.4, 0.5) is 0 Å². The highest BCUT2D eigenvalue weighted by molar-refractivity contribution is 8.01.